The Hall–Kier alpha value is -1.95. The van der Waals surface area contributed by atoms with E-state index < -0.39 is 5.97 Å². The Morgan fingerprint density at radius 3 is 2.42 bits per heavy atom. The summed E-state index contributed by atoms with van der Waals surface area (Å²) in [5.74, 6) is -0.436. The molecular weight excluding hydrogens is 346 g/mol. The molecule has 0 bridgehead atoms. The molecule has 2 aliphatic rings. The van der Waals surface area contributed by atoms with Gasteiger partial charge in [0.05, 0.1) is 11.7 Å². The third-order valence-corrected chi connectivity index (χ3v) is 7.02. The fourth-order valence-corrected chi connectivity index (χ4v) is 5.07. The number of thiazole rings is 1. The minimum absolute atomic E-state index is 0.0844. The standard InChI is InChI=1S/C20H25N3O2S/c1-19(2)9-10-20(3,4)16-15(19)22-18(26-16)23(13-6-7-13)14-8-5-12(11-21-14)17(24)25/h5,8,11,13H,6-7,9-10H2,1-4H3,(H,24,25)/p-1. The third kappa shape index (κ3) is 2.90. The van der Waals surface area contributed by atoms with Crippen molar-refractivity contribution >= 4 is 28.3 Å². The van der Waals surface area contributed by atoms with E-state index in [0.717, 1.165) is 36.6 Å². The van der Waals surface area contributed by atoms with Crippen LogP contribution < -0.4 is 10.0 Å². The molecule has 2 aliphatic carbocycles. The van der Waals surface area contributed by atoms with Crippen molar-refractivity contribution in [2.24, 2.45) is 0 Å². The van der Waals surface area contributed by atoms with Gasteiger partial charge < -0.3 is 9.90 Å². The maximum absolute atomic E-state index is 11.0. The van der Waals surface area contributed by atoms with Gasteiger partial charge in [-0.1, -0.05) is 27.7 Å². The van der Waals surface area contributed by atoms with Crippen LogP contribution in [-0.2, 0) is 10.8 Å². The summed E-state index contributed by atoms with van der Waals surface area (Å²) in [6.45, 7) is 9.16. The summed E-state index contributed by atoms with van der Waals surface area (Å²) in [5, 5.41) is 12.0. The molecule has 0 atom stereocenters. The Morgan fingerprint density at radius 1 is 1.19 bits per heavy atom. The predicted molar refractivity (Wildman–Crippen MR) is 101 cm³/mol. The highest BCUT2D eigenvalue weighted by Gasteiger charge is 2.42. The quantitative estimate of drug-likeness (QED) is 0.823. The average Bonchev–Trinajstić information content (AvgIpc) is 3.29. The molecule has 0 spiro atoms. The maximum Gasteiger partial charge on any atom is 0.191 e. The largest absolute Gasteiger partial charge is 0.545 e. The van der Waals surface area contributed by atoms with Crippen LogP contribution in [0.2, 0.25) is 0 Å². The normalized spacial score (nSPS) is 20.5. The lowest BCUT2D eigenvalue weighted by atomic mass is 9.69. The molecule has 0 unspecified atom stereocenters. The zero-order valence-electron chi connectivity index (χ0n) is 15.7. The fourth-order valence-electron chi connectivity index (χ4n) is 3.61. The molecule has 6 heteroatoms. The van der Waals surface area contributed by atoms with Crippen molar-refractivity contribution in [3.63, 3.8) is 0 Å². The summed E-state index contributed by atoms with van der Waals surface area (Å²) >= 11 is 1.77. The van der Waals surface area contributed by atoms with Crippen molar-refractivity contribution in [3.8, 4) is 0 Å². The number of aromatic carboxylic acids is 1. The first-order valence-corrected chi connectivity index (χ1v) is 9.99. The van der Waals surface area contributed by atoms with E-state index in [-0.39, 0.29) is 16.4 Å². The molecule has 4 rings (SSSR count). The number of carboxylic acids is 1. The van der Waals surface area contributed by atoms with Crippen LogP contribution in [0.3, 0.4) is 0 Å². The zero-order chi connectivity index (χ0) is 18.7. The molecule has 5 nitrogen and oxygen atoms in total. The minimum atomic E-state index is -1.20. The topological polar surface area (TPSA) is 69.2 Å². The van der Waals surface area contributed by atoms with Crippen LogP contribution in [0.4, 0.5) is 10.9 Å². The molecule has 0 radical (unpaired) electrons. The lowest BCUT2D eigenvalue weighted by molar-refractivity contribution is -0.255. The van der Waals surface area contributed by atoms with Gasteiger partial charge in [-0.05, 0) is 37.8 Å². The Labute approximate surface area is 158 Å². The number of hydrogen-bond donors (Lipinski definition) is 0. The smallest absolute Gasteiger partial charge is 0.191 e. The second-order valence-electron chi connectivity index (χ2n) is 8.74. The molecule has 2 aromatic heterocycles. The van der Waals surface area contributed by atoms with Crippen molar-refractivity contribution in [3.05, 3.63) is 34.5 Å². The molecule has 0 aliphatic heterocycles. The summed E-state index contributed by atoms with van der Waals surface area (Å²) in [7, 11) is 0. The van der Waals surface area contributed by atoms with E-state index in [9.17, 15) is 9.90 Å². The summed E-state index contributed by atoms with van der Waals surface area (Å²) in [4.78, 5) is 24.0. The second-order valence-corrected chi connectivity index (χ2v) is 9.71. The SMILES string of the molecule is CC1(C)CCC(C)(C)c2sc(N(c3ccc(C(=O)[O-])cn3)C3CC3)nc21. The predicted octanol–water partition coefficient (Wildman–Crippen LogP) is 3.55. The lowest BCUT2D eigenvalue weighted by Gasteiger charge is -2.37. The number of pyridine rings is 1. The van der Waals surface area contributed by atoms with Crippen LogP contribution in [0.15, 0.2) is 18.3 Å². The van der Waals surface area contributed by atoms with Gasteiger partial charge in [-0.25, -0.2) is 9.97 Å². The van der Waals surface area contributed by atoms with Crippen LogP contribution in [0, 0.1) is 0 Å². The number of aromatic nitrogens is 2. The summed E-state index contributed by atoms with van der Waals surface area (Å²) in [6, 6.07) is 3.73. The first-order chi connectivity index (χ1) is 12.2. The summed E-state index contributed by atoms with van der Waals surface area (Å²) < 4.78 is 0. The van der Waals surface area contributed by atoms with Gasteiger partial charge in [0.25, 0.3) is 0 Å². The monoisotopic (exact) mass is 370 g/mol. The Balaban J connectivity index is 1.77. The number of fused-ring (bicyclic) bond motifs is 1. The van der Waals surface area contributed by atoms with Crippen LogP contribution >= 0.6 is 11.3 Å². The highest BCUT2D eigenvalue weighted by atomic mass is 32.1. The number of carbonyl (C=O) groups excluding carboxylic acids is 1. The van der Waals surface area contributed by atoms with Gasteiger partial charge in [-0.2, -0.15) is 0 Å². The van der Waals surface area contributed by atoms with Crippen molar-refractivity contribution < 1.29 is 9.90 Å². The molecule has 0 saturated heterocycles. The van der Waals surface area contributed by atoms with Gasteiger partial charge >= 0.3 is 0 Å². The number of carbonyl (C=O) groups is 1. The second kappa shape index (κ2) is 5.78. The molecular formula is C20H24N3O2S-. The van der Waals surface area contributed by atoms with Gasteiger partial charge in [0, 0.05) is 33.5 Å². The van der Waals surface area contributed by atoms with E-state index in [2.05, 4.69) is 37.6 Å². The molecule has 0 amide bonds. The van der Waals surface area contributed by atoms with E-state index >= 15 is 0 Å². The van der Waals surface area contributed by atoms with Crippen molar-refractivity contribution in [2.45, 2.75) is 70.3 Å². The Kier molecular flexibility index (Phi) is 3.88. The number of anilines is 2. The lowest BCUT2D eigenvalue weighted by Crippen LogP contribution is -2.32. The molecule has 138 valence electrons. The number of nitrogens with zero attached hydrogens (tertiary/aromatic N) is 3. The van der Waals surface area contributed by atoms with Crippen molar-refractivity contribution in [1.29, 1.82) is 0 Å². The molecule has 1 fully saturated rings. The molecule has 26 heavy (non-hydrogen) atoms. The van der Waals surface area contributed by atoms with Crippen LogP contribution in [0.5, 0.6) is 0 Å². The van der Waals surface area contributed by atoms with Crippen LogP contribution in [-0.4, -0.2) is 22.0 Å². The summed E-state index contributed by atoms with van der Waals surface area (Å²) in [5.41, 5.74) is 1.54. The van der Waals surface area contributed by atoms with E-state index in [1.54, 1.807) is 23.5 Å². The molecule has 0 aromatic carbocycles. The minimum Gasteiger partial charge on any atom is -0.545 e. The first-order valence-electron chi connectivity index (χ1n) is 9.17. The van der Waals surface area contributed by atoms with Crippen molar-refractivity contribution in [2.75, 3.05) is 4.90 Å². The van der Waals surface area contributed by atoms with Gasteiger partial charge in [0.1, 0.15) is 5.82 Å². The number of rotatable bonds is 4. The maximum atomic E-state index is 11.0. The van der Waals surface area contributed by atoms with Gasteiger partial charge in [0.15, 0.2) is 5.13 Å². The van der Waals surface area contributed by atoms with Gasteiger partial charge in [-0.3, -0.25) is 4.90 Å². The van der Waals surface area contributed by atoms with Crippen LogP contribution in [0.25, 0.3) is 0 Å². The third-order valence-electron chi connectivity index (χ3n) is 5.60. The number of carboxylic acid groups (broad SMARTS) is 1. The van der Waals surface area contributed by atoms with E-state index in [0.29, 0.717) is 6.04 Å². The highest BCUT2D eigenvalue weighted by Crippen LogP contribution is 2.51. The first kappa shape index (κ1) is 17.5. The fraction of sp³-hybridized carbons (Fsp3) is 0.550. The van der Waals surface area contributed by atoms with Crippen LogP contribution in [0.1, 0.15) is 74.3 Å². The van der Waals surface area contributed by atoms with Crippen molar-refractivity contribution in [1.82, 2.24) is 9.97 Å². The Bertz CT molecular complexity index is 817. The van der Waals surface area contributed by atoms with Gasteiger partial charge in [0.2, 0.25) is 0 Å². The van der Waals surface area contributed by atoms with E-state index in [4.69, 9.17) is 4.98 Å². The average molecular weight is 370 g/mol. The summed E-state index contributed by atoms with van der Waals surface area (Å²) in [6.07, 6.45) is 5.90. The zero-order valence-corrected chi connectivity index (χ0v) is 16.5. The van der Waals surface area contributed by atoms with Gasteiger partial charge in [-0.15, -0.1) is 11.3 Å². The molecule has 2 aromatic rings. The van der Waals surface area contributed by atoms with E-state index in [1.807, 2.05) is 0 Å². The van der Waals surface area contributed by atoms with E-state index in [1.165, 1.54) is 16.8 Å². The molecule has 2 heterocycles. The molecule has 0 N–H and O–H groups in total. The Morgan fingerprint density at radius 2 is 1.88 bits per heavy atom. The number of hydrogen-bond acceptors (Lipinski definition) is 6. The highest BCUT2D eigenvalue weighted by molar-refractivity contribution is 7.16. The molecule has 1 saturated carbocycles.